The van der Waals surface area contributed by atoms with Crippen molar-refractivity contribution in [2.75, 3.05) is 13.7 Å². The van der Waals surface area contributed by atoms with Gasteiger partial charge in [-0.1, -0.05) is 0 Å². The van der Waals surface area contributed by atoms with Gasteiger partial charge in [-0.15, -0.1) is 0 Å². The quantitative estimate of drug-likeness (QED) is 0.458. The highest BCUT2D eigenvalue weighted by atomic mass is 16.6. The maximum Gasteiger partial charge on any atom is 0.269 e. The first kappa shape index (κ1) is 15.6. The summed E-state index contributed by atoms with van der Waals surface area (Å²) in [6.07, 6.45) is 4.07. The fraction of sp³-hybridized carbons (Fsp3) is 0.533. The number of carbonyl (C=O) groups is 1. The van der Waals surface area contributed by atoms with Crippen molar-refractivity contribution in [3.8, 4) is 0 Å². The number of nitro groups is 1. The van der Waals surface area contributed by atoms with Crippen molar-refractivity contribution < 1.29 is 19.2 Å². The second-order valence-corrected chi connectivity index (χ2v) is 5.18. The number of nitrogens with zero attached hydrogens (tertiary/aromatic N) is 1. The molecule has 0 aliphatic heterocycles. The van der Waals surface area contributed by atoms with Crippen LogP contribution >= 0.6 is 0 Å². The fourth-order valence-corrected chi connectivity index (χ4v) is 2.51. The summed E-state index contributed by atoms with van der Waals surface area (Å²) >= 11 is 0. The monoisotopic (exact) mass is 293 g/mol. The van der Waals surface area contributed by atoms with Crippen LogP contribution in [0, 0.1) is 10.1 Å². The van der Waals surface area contributed by atoms with Crippen LogP contribution in [-0.2, 0) is 9.47 Å². The Morgan fingerprint density at radius 2 is 1.95 bits per heavy atom. The van der Waals surface area contributed by atoms with E-state index in [0.717, 1.165) is 25.7 Å². The SMILES string of the molecule is COC1CCCC(OCC(=O)c2ccc([N+](=O)[O-])cc2)C1. The van der Waals surface area contributed by atoms with E-state index >= 15 is 0 Å². The van der Waals surface area contributed by atoms with Crippen molar-refractivity contribution in [3.05, 3.63) is 39.9 Å². The normalized spacial score (nSPS) is 22.0. The Morgan fingerprint density at radius 3 is 2.57 bits per heavy atom. The molecule has 1 aromatic rings. The summed E-state index contributed by atoms with van der Waals surface area (Å²) < 4.78 is 11.0. The Hall–Kier alpha value is -1.79. The van der Waals surface area contributed by atoms with Crippen LogP contribution in [0.25, 0.3) is 0 Å². The number of nitro benzene ring substituents is 1. The van der Waals surface area contributed by atoms with E-state index in [9.17, 15) is 14.9 Å². The molecule has 6 nitrogen and oxygen atoms in total. The molecule has 6 heteroatoms. The van der Waals surface area contributed by atoms with Gasteiger partial charge in [0.25, 0.3) is 5.69 Å². The number of methoxy groups -OCH3 is 1. The van der Waals surface area contributed by atoms with E-state index in [1.165, 1.54) is 24.3 Å². The Morgan fingerprint density at radius 1 is 1.29 bits per heavy atom. The van der Waals surface area contributed by atoms with Crippen LogP contribution in [0.2, 0.25) is 0 Å². The first-order chi connectivity index (χ1) is 10.1. The molecule has 0 spiro atoms. The number of Topliss-reactive ketones (excluding diaryl/α,β-unsaturated/α-hetero) is 1. The van der Waals surface area contributed by atoms with Gasteiger partial charge in [0.05, 0.1) is 17.1 Å². The molecule has 0 N–H and O–H groups in total. The van der Waals surface area contributed by atoms with Crippen molar-refractivity contribution in [1.82, 2.24) is 0 Å². The standard InChI is InChI=1S/C15H19NO5/c1-20-13-3-2-4-14(9-13)21-10-15(17)11-5-7-12(8-6-11)16(18)19/h5-8,13-14H,2-4,9-10H2,1H3. The third-order valence-corrected chi connectivity index (χ3v) is 3.76. The van der Waals surface area contributed by atoms with Crippen LogP contribution in [0.1, 0.15) is 36.0 Å². The van der Waals surface area contributed by atoms with Gasteiger partial charge in [0.1, 0.15) is 6.61 Å². The van der Waals surface area contributed by atoms with E-state index in [1.807, 2.05) is 0 Å². The number of benzene rings is 1. The van der Waals surface area contributed by atoms with Crippen LogP contribution in [0.4, 0.5) is 5.69 Å². The average Bonchev–Trinajstić information content (AvgIpc) is 2.53. The van der Waals surface area contributed by atoms with Crippen LogP contribution in [-0.4, -0.2) is 36.6 Å². The zero-order valence-electron chi connectivity index (χ0n) is 12.0. The van der Waals surface area contributed by atoms with Crippen LogP contribution in [0.3, 0.4) is 0 Å². The van der Waals surface area contributed by atoms with E-state index in [-0.39, 0.29) is 30.3 Å². The minimum atomic E-state index is -0.488. The van der Waals surface area contributed by atoms with Gasteiger partial charge >= 0.3 is 0 Å². The van der Waals surface area contributed by atoms with Gasteiger partial charge in [-0.3, -0.25) is 14.9 Å². The summed E-state index contributed by atoms with van der Waals surface area (Å²) in [7, 11) is 1.69. The lowest BCUT2D eigenvalue weighted by molar-refractivity contribution is -0.384. The van der Waals surface area contributed by atoms with Gasteiger partial charge in [0.2, 0.25) is 0 Å². The molecule has 2 rings (SSSR count). The maximum atomic E-state index is 12.0. The van der Waals surface area contributed by atoms with Crippen molar-refractivity contribution in [3.63, 3.8) is 0 Å². The van der Waals surface area contributed by atoms with Crippen LogP contribution < -0.4 is 0 Å². The third-order valence-electron chi connectivity index (χ3n) is 3.76. The van der Waals surface area contributed by atoms with E-state index in [2.05, 4.69) is 0 Å². The van der Waals surface area contributed by atoms with Gasteiger partial charge in [-0.25, -0.2) is 0 Å². The molecule has 1 aliphatic carbocycles. The molecule has 1 saturated carbocycles. The summed E-state index contributed by atoms with van der Waals surface area (Å²) in [5.74, 6) is -0.163. The molecule has 114 valence electrons. The summed E-state index contributed by atoms with van der Waals surface area (Å²) in [6.45, 7) is -0.00108. The highest BCUT2D eigenvalue weighted by molar-refractivity contribution is 5.97. The lowest BCUT2D eigenvalue weighted by atomic mass is 9.95. The summed E-state index contributed by atoms with van der Waals surface area (Å²) in [4.78, 5) is 22.1. The smallest absolute Gasteiger partial charge is 0.269 e. The molecule has 2 atom stereocenters. The van der Waals surface area contributed by atoms with Crippen molar-refractivity contribution in [1.29, 1.82) is 0 Å². The number of ketones is 1. The number of hydrogen-bond donors (Lipinski definition) is 0. The number of ether oxygens (including phenoxy) is 2. The summed E-state index contributed by atoms with van der Waals surface area (Å²) in [5, 5.41) is 10.6. The highest BCUT2D eigenvalue weighted by Gasteiger charge is 2.23. The summed E-state index contributed by atoms with van der Waals surface area (Å²) in [6, 6.07) is 5.58. The van der Waals surface area contributed by atoms with E-state index < -0.39 is 4.92 Å². The number of rotatable bonds is 6. The molecule has 0 saturated heterocycles. The molecule has 1 fully saturated rings. The largest absolute Gasteiger partial charge is 0.381 e. The molecule has 1 aromatic carbocycles. The van der Waals surface area contributed by atoms with Gasteiger partial charge in [-0.2, -0.15) is 0 Å². The Kier molecular flexibility index (Phi) is 5.41. The third kappa shape index (κ3) is 4.34. The van der Waals surface area contributed by atoms with Gasteiger partial charge < -0.3 is 9.47 Å². The van der Waals surface area contributed by atoms with Gasteiger partial charge in [-0.05, 0) is 37.8 Å². The highest BCUT2D eigenvalue weighted by Crippen LogP contribution is 2.23. The van der Waals surface area contributed by atoms with E-state index in [4.69, 9.17) is 9.47 Å². The molecule has 0 bridgehead atoms. The first-order valence-corrected chi connectivity index (χ1v) is 7.02. The molecule has 0 aromatic heterocycles. The lowest BCUT2D eigenvalue weighted by Crippen LogP contribution is -2.29. The predicted molar refractivity (Wildman–Crippen MR) is 76.4 cm³/mol. The zero-order valence-corrected chi connectivity index (χ0v) is 12.0. The van der Waals surface area contributed by atoms with Gasteiger partial charge in [0.15, 0.2) is 5.78 Å². The second kappa shape index (κ2) is 7.28. The maximum absolute atomic E-state index is 12.0. The average molecular weight is 293 g/mol. The Labute approximate surface area is 123 Å². The molecule has 0 amide bonds. The molecular formula is C15H19NO5. The van der Waals surface area contributed by atoms with Crippen molar-refractivity contribution in [2.45, 2.75) is 37.9 Å². The minimum absolute atomic E-state index is 0.00108. The molecule has 2 unspecified atom stereocenters. The Bertz CT molecular complexity index is 499. The van der Waals surface area contributed by atoms with Crippen molar-refractivity contribution in [2.24, 2.45) is 0 Å². The number of hydrogen-bond acceptors (Lipinski definition) is 5. The number of carbonyl (C=O) groups excluding carboxylic acids is 1. The molecule has 21 heavy (non-hydrogen) atoms. The predicted octanol–water partition coefficient (Wildman–Crippen LogP) is 2.75. The Balaban J connectivity index is 1.85. The van der Waals surface area contributed by atoms with Crippen LogP contribution in [0.15, 0.2) is 24.3 Å². The lowest BCUT2D eigenvalue weighted by Gasteiger charge is -2.27. The molecular weight excluding hydrogens is 274 g/mol. The molecule has 0 heterocycles. The molecule has 0 radical (unpaired) electrons. The summed E-state index contributed by atoms with van der Waals surface area (Å²) in [5.41, 5.74) is 0.405. The fourth-order valence-electron chi connectivity index (χ4n) is 2.51. The van der Waals surface area contributed by atoms with Crippen LogP contribution in [0.5, 0.6) is 0 Å². The van der Waals surface area contributed by atoms with Crippen molar-refractivity contribution >= 4 is 11.5 Å². The van der Waals surface area contributed by atoms with E-state index in [0.29, 0.717) is 5.56 Å². The first-order valence-electron chi connectivity index (χ1n) is 7.02. The zero-order chi connectivity index (χ0) is 15.2. The van der Waals surface area contributed by atoms with E-state index in [1.54, 1.807) is 7.11 Å². The number of non-ortho nitro benzene ring substituents is 1. The second-order valence-electron chi connectivity index (χ2n) is 5.18. The topological polar surface area (TPSA) is 78.7 Å². The molecule has 1 aliphatic rings. The van der Waals surface area contributed by atoms with Gasteiger partial charge in [0, 0.05) is 24.8 Å². The minimum Gasteiger partial charge on any atom is -0.381 e.